The van der Waals surface area contributed by atoms with Crippen LogP contribution in [-0.4, -0.2) is 11.1 Å². The molecule has 0 atom stereocenters. The molecule has 0 radical (unpaired) electrons. The average molecular weight is 325 g/mol. The summed E-state index contributed by atoms with van der Waals surface area (Å²) in [5.41, 5.74) is 3.89. The fourth-order valence-electron chi connectivity index (χ4n) is 2.10. The Morgan fingerprint density at radius 1 is 1.13 bits per heavy atom. The maximum Gasteiger partial charge on any atom is 0.335 e. The second-order valence-electron chi connectivity index (χ2n) is 5.25. The van der Waals surface area contributed by atoms with Gasteiger partial charge in [0.05, 0.1) is 11.3 Å². The van der Waals surface area contributed by atoms with Crippen LogP contribution in [-0.2, 0) is 0 Å². The van der Waals surface area contributed by atoms with E-state index in [0.717, 1.165) is 16.9 Å². The van der Waals surface area contributed by atoms with Gasteiger partial charge in [-0.2, -0.15) is 0 Å². The van der Waals surface area contributed by atoms with Crippen molar-refractivity contribution in [2.24, 2.45) is 4.99 Å². The third-order valence-electron chi connectivity index (χ3n) is 3.47. The molecule has 0 aliphatic heterocycles. The Kier molecular flexibility index (Phi) is 4.12. The van der Waals surface area contributed by atoms with E-state index < -0.39 is 5.97 Å². The quantitative estimate of drug-likeness (QED) is 0.768. The molecule has 23 heavy (non-hydrogen) atoms. The Morgan fingerprint density at radius 3 is 2.57 bits per heavy atom. The van der Waals surface area contributed by atoms with Gasteiger partial charge in [0.25, 0.3) is 4.87 Å². The highest BCUT2D eigenvalue weighted by Crippen LogP contribution is 2.22. The van der Waals surface area contributed by atoms with Crippen molar-refractivity contribution in [3.8, 4) is 11.3 Å². The summed E-state index contributed by atoms with van der Waals surface area (Å²) >= 11 is 1.39. The van der Waals surface area contributed by atoms with Crippen LogP contribution >= 0.6 is 11.3 Å². The van der Waals surface area contributed by atoms with E-state index in [1.165, 1.54) is 16.9 Å². The van der Waals surface area contributed by atoms with Crippen LogP contribution in [0.25, 0.3) is 11.3 Å². The van der Waals surface area contributed by atoms with Gasteiger partial charge >= 0.3 is 5.97 Å². The first kappa shape index (κ1) is 15.2. The molecular weight excluding hydrogens is 310 g/mol. The van der Waals surface area contributed by atoms with E-state index in [-0.39, 0.29) is 5.56 Å². The van der Waals surface area contributed by atoms with Crippen LogP contribution in [0.1, 0.15) is 21.5 Å². The molecule has 5 heteroatoms. The van der Waals surface area contributed by atoms with Crippen molar-refractivity contribution in [3.63, 3.8) is 0 Å². The second-order valence-corrected chi connectivity index (χ2v) is 6.07. The van der Waals surface area contributed by atoms with Gasteiger partial charge in [0, 0.05) is 10.9 Å². The monoisotopic (exact) mass is 325 g/mol. The minimum Gasteiger partial charge on any atom is -0.478 e. The van der Waals surface area contributed by atoms with E-state index in [4.69, 9.17) is 9.52 Å². The highest BCUT2D eigenvalue weighted by molar-refractivity contribution is 7.07. The van der Waals surface area contributed by atoms with Crippen LogP contribution in [0.2, 0.25) is 0 Å². The number of carbonyl (C=O) groups is 1. The lowest BCUT2D eigenvalue weighted by atomic mass is 10.1. The van der Waals surface area contributed by atoms with Gasteiger partial charge in [0.1, 0.15) is 5.76 Å². The zero-order chi connectivity index (χ0) is 16.4. The minimum absolute atomic E-state index is 0.213. The number of nitrogens with zero attached hydrogens (tertiary/aromatic N) is 1. The van der Waals surface area contributed by atoms with Gasteiger partial charge in [-0.1, -0.05) is 47.2 Å². The maximum atomic E-state index is 11.1. The lowest BCUT2D eigenvalue weighted by Crippen LogP contribution is -1.97. The summed E-state index contributed by atoms with van der Waals surface area (Å²) in [6, 6.07) is 12.9. The van der Waals surface area contributed by atoms with Crippen molar-refractivity contribution in [1.29, 1.82) is 0 Å². The molecule has 3 rings (SSSR count). The predicted octanol–water partition coefficient (Wildman–Crippen LogP) is 4.56. The zero-order valence-corrected chi connectivity index (χ0v) is 13.6. The van der Waals surface area contributed by atoms with Crippen molar-refractivity contribution in [2.45, 2.75) is 13.8 Å². The summed E-state index contributed by atoms with van der Waals surface area (Å²) in [7, 11) is 0. The fraction of sp³-hybridized carbons (Fsp3) is 0.111. The molecule has 116 valence electrons. The van der Waals surface area contributed by atoms with E-state index in [1.807, 2.05) is 43.5 Å². The normalized spacial score (nSPS) is 11.7. The highest BCUT2D eigenvalue weighted by Gasteiger charge is 2.07. The first-order chi connectivity index (χ1) is 11.0. The first-order valence-corrected chi connectivity index (χ1v) is 7.95. The van der Waals surface area contributed by atoms with Gasteiger partial charge in [-0.3, -0.25) is 0 Å². The summed E-state index contributed by atoms with van der Waals surface area (Å²) < 4.78 is 5.77. The SMILES string of the molecule is Cc1ccc(-c2csc(=Nc3cc(C(=O)O)ccc3C)o2)cc1. The molecule has 1 heterocycles. The molecule has 1 N–H and O–H groups in total. The molecule has 1 aromatic heterocycles. The fourth-order valence-corrected chi connectivity index (χ4v) is 2.78. The van der Waals surface area contributed by atoms with Crippen molar-refractivity contribution in [1.82, 2.24) is 0 Å². The van der Waals surface area contributed by atoms with Gasteiger partial charge in [-0.15, -0.1) is 0 Å². The van der Waals surface area contributed by atoms with Gasteiger partial charge in [0.2, 0.25) is 0 Å². The standard InChI is InChI=1S/C18H15NO3S/c1-11-3-6-13(7-4-11)16-10-23-18(22-16)19-15-9-14(17(20)21)8-5-12(15)2/h3-10H,1-2H3,(H,20,21). The van der Waals surface area contributed by atoms with E-state index in [0.29, 0.717) is 10.6 Å². The Hall–Kier alpha value is -2.66. The molecule has 0 aliphatic carbocycles. The van der Waals surface area contributed by atoms with Gasteiger partial charge < -0.3 is 9.52 Å². The zero-order valence-electron chi connectivity index (χ0n) is 12.7. The molecule has 0 saturated heterocycles. The number of carboxylic acid groups (broad SMARTS) is 1. The Balaban J connectivity index is 2.00. The molecule has 0 amide bonds. The van der Waals surface area contributed by atoms with Crippen LogP contribution in [0.5, 0.6) is 0 Å². The summed E-state index contributed by atoms with van der Waals surface area (Å²) in [5.74, 6) is -0.217. The number of benzene rings is 2. The van der Waals surface area contributed by atoms with E-state index in [9.17, 15) is 4.79 Å². The molecule has 0 bridgehead atoms. The van der Waals surface area contributed by atoms with Crippen molar-refractivity contribution >= 4 is 23.0 Å². The minimum atomic E-state index is -0.968. The molecule has 0 aliphatic rings. The summed E-state index contributed by atoms with van der Waals surface area (Å²) in [6.45, 7) is 3.92. The lowest BCUT2D eigenvalue weighted by Gasteiger charge is -2.00. The van der Waals surface area contributed by atoms with Crippen molar-refractivity contribution in [2.75, 3.05) is 0 Å². The second kappa shape index (κ2) is 6.22. The number of hydrogen-bond donors (Lipinski definition) is 1. The summed E-state index contributed by atoms with van der Waals surface area (Å²) in [4.78, 5) is 16.0. The van der Waals surface area contributed by atoms with Crippen LogP contribution < -0.4 is 4.87 Å². The third kappa shape index (κ3) is 3.40. The Morgan fingerprint density at radius 2 is 1.87 bits per heavy atom. The molecular formula is C18H15NO3S. The lowest BCUT2D eigenvalue weighted by molar-refractivity contribution is 0.0697. The Labute approximate surface area is 137 Å². The number of rotatable bonds is 3. The largest absolute Gasteiger partial charge is 0.478 e. The highest BCUT2D eigenvalue weighted by atomic mass is 32.1. The number of aromatic carboxylic acids is 1. The third-order valence-corrected chi connectivity index (χ3v) is 4.18. The summed E-state index contributed by atoms with van der Waals surface area (Å²) in [5, 5.41) is 11.0. The van der Waals surface area contributed by atoms with Crippen LogP contribution in [0.3, 0.4) is 0 Å². The molecule has 0 spiro atoms. The topological polar surface area (TPSA) is 62.8 Å². The van der Waals surface area contributed by atoms with E-state index in [2.05, 4.69) is 4.99 Å². The molecule has 4 nitrogen and oxygen atoms in total. The van der Waals surface area contributed by atoms with Gasteiger partial charge in [-0.05, 0) is 31.5 Å². The number of hydrogen-bond acceptors (Lipinski definition) is 4. The van der Waals surface area contributed by atoms with Gasteiger partial charge in [-0.25, -0.2) is 9.79 Å². The smallest absolute Gasteiger partial charge is 0.335 e. The maximum absolute atomic E-state index is 11.1. The molecule has 0 fully saturated rings. The molecule has 3 aromatic rings. The average Bonchev–Trinajstić information content (AvgIpc) is 2.98. The van der Waals surface area contributed by atoms with Gasteiger partial charge in [0.15, 0.2) is 0 Å². The van der Waals surface area contributed by atoms with Crippen LogP contribution in [0.4, 0.5) is 5.69 Å². The number of aryl methyl sites for hydroxylation is 2. The van der Waals surface area contributed by atoms with Crippen LogP contribution in [0.15, 0.2) is 57.3 Å². The summed E-state index contributed by atoms with van der Waals surface area (Å²) in [6.07, 6.45) is 0. The molecule has 0 saturated carbocycles. The molecule has 2 aromatic carbocycles. The van der Waals surface area contributed by atoms with Crippen molar-refractivity contribution < 1.29 is 14.3 Å². The Bertz CT molecular complexity index is 920. The van der Waals surface area contributed by atoms with E-state index >= 15 is 0 Å². The van der Waals surface area contributed by atoms with E-state index in [1.54, 1.807) is 18.2 Å². The number of carboxylic acids is 1. The van der Waals surface area contributed by atoms with Crippen molar-refractivity contribution in [3.05, 3.63) is 69.4 Å². The van der Waals surface area contributed by atoms with Crippen LogP contribution in [0, 0.1) is 13.8 Å². The predicted molar refractivity (Wildman–Crippen MR) is 90.1 cm³/mol. The first-order valence-electron chi connectivity index (χ1n) is 7.07. The molecule has 0 unspecified atom stereocenters.